The molecule has 3 aromatic rings. The fourth-order valence-electron chi connectivity index (χ4n) is 4.53. The molecule has 1 atom stereocenters. The molecule has 164 valence electrons. The number of fused-ring (bicyclic) bond motifs is 3. The zero-order valence-corrected chi connectivity index (χ0v) is 18.3. The van der Waals surface area contributed by atoms with Crippen LogP contribution in [0.4, 0.5) is 4.79 Å². The van der Waals surface area contributed by atoms with Crippen molar-refractivity contribution in [3.63, 3.8) is 0 Å². The molecule has 0 aromatic heterocycles. The molecule has 32 heavy (non-hydrogen) atoms. The smallest absolute Gasteiger partial charge is 0.408 e. The first-order chi connectivity index (χ1) is 15.5. The topological polar surface area (TPSA) is 75.6 Å². The van der Waals surface area contributed by atoms with Gasteiger partial charge >= 0.3 is 12.1 Å². The van der Waals surface area contributed by atoms with Gasteiger partial charge in [-0.3, -0.25) is 0 Å². The number of aliphatic carboxylic acids is 1. The molecule has 5 nitrogen and oxygen atoms in total. The second-order valence-electron chi connectivity index (χ2n) is 8.07. The molecule has 0 fully saturated rings. The number of amides is 1. The number of carboxylic acids is 1. The van der Waals surface area contributed by atoms with Gasteiger partial charge in [0, 0.05) is 5.92 Å². The number of alkyl carbamates (subject to hydrolysis) is 1. The van der Waals surface area contributed by atoms with Crippen LogP contribution in [0, 0.1) is 0 Å². The first kappa shape index (κ1) is 21.6. The third-order valence-corrected chi connectivity index (χ3v) is 6.41. The van der Waals surface area contributed by atoms with Crippen molar-refractivity contribution in [3.8, 4) is 11.1 Å². The maximum absolute atomic E-state index is 12.8. The fraction of sp³-hybridized carbons (Fsp3) is 0.259. The van der Waals surface area contributed by atoms with Gasteiger partial charge in [0.1, 0.15) is 6.61 Å². The first-order valence-corrected chi connectivity index (χ1v) is 11.0. The van der Waals surface area contributed by atoms with Crippen LogP contribution in [0.3, 0.4) is 0 Å². The minimum atomic E-state index is -1.55. The number of hydrogen-bond donors (Lipinski definition) is 2. The van der Waals surface area contributed by atoms with Gasteiger partial charge in [-0.15, -0.1) is 0 Å². The summed E-state index contributed by atoms with van der Waals surface area (Å²) in [6, 6.07) is 23.5. The number of ether oxygens (including phenoxy) is 1. The average Bonchev–Trinajstić information content (AvgIpc) is 3.15. The highest BCUT2D eigenvalue weighted by Gasteiger charge is 2.41. The van der Waals surface area contributed by atoms with Gasteiger partial charge in [-0.05, 0) is 46.2 Å². The van der Waals surface area contributed by atoms with Gasteiger partial charge < -0.3 is 15.2 Å². The Balaban J connectivity index is 1.54. The molecule has 0 bridgehead atoms. The van der Waals surface area contributed by atoms with Crippen molar-refractivity contribution in [2.45, 2.75) is 38.1 Å². The van der Waals surface area contributed by atoms with E-state index >= 15 is 0 Å². The Bertz CT molecular complexity index is 1090. The van der Waals surface area contributed by atoms with Gasteiger partial charge in [-0.25, -0.2) is 9.59 Å². The number of benzene rings is 3. The molecule has 1 aliphatic carbocycles. The van der Waals surface area contributed by atoms with Crippen molar-refractivity contribution in [1.29, 1.82) is 0 Å². The zero-order valence-electron chi connectivity index (χ0n) is 18.3. The van der Waals surface area contributed by atoms with E-state index in [1.807, 2.05) is 55.5 Å². The lowest BCUT2D eigenvalue weighted by Gasteiger charge is -2.30. The van der Waals surface area contributed by atoms with Gasteiger partial charge in [0.05, 0.1) is 0 Å². The molecule has 2 N–H and O–H groups in total. The highest BCUT2D eigenvalue weighted by atomic mass is 16.5. The van der Waals surface area contributed by atoms with E-state index in [1.165, 1.54) is 0 Å². The standard InChI is InChI=1S/C27H27NO4/c1-3-18-13-15-19(16-14-18)27(4-2,25(29)30)28-26(31)32-17-24-22-11-7-5-9-20(22)21-10-6-8-12-23(21)24/h5-16,24H,3-4,17H2,1-2H3,(H,28,31)(H,29,30). The number of carbonyl (C=O) groups excluding carboxylic acids is 1. The van der Waals surface area contributed by atoms with E-state index in [0.29, 0.717) is 5.56 Å². The van der Waals surface area contributed by atoms with Crippen molar-refractivity contribution in [3.05, 3.63) is 95.1 Å². The molecule has 0 spiro atoms. The van der Waals surface area contributed by atoms with Crippen molar-refractivity contribution < 1.29 is 19.4 Å². The van der Waals surface area contributed by atoms with E-state index in [4.69, 9.17) is 4.74 Å². The predicted molar refractivity (Wildman–Crippen MR) is 124 cm³/mol. The monoisotopic (exact) mass is 429 g/mol. The van der Waals surface area contributed by atoms with Crippen LogP contribution >= 0.6 is 0 Å². The quantitative estimate of drug-likeness (QED) is 0.522. The van der Waals surface area contributed by atoms with E-state index in [-0.39, 0.29) is 18.9 Å². The Hall–Kier alpha value is -3.60. The van der Waals surface area contributed by atoms with Crippen LogP contribution in [-0.4, -0.2) is 23.8 Å². The molecule has 0 aliphatic heterocycles. The zero-order chi connectivity index (χ0) is 22.7. The summed E-state index contributed by atoms with van der Waals surface area (Å²) in [6.07, 6.45) is 0.306. The Kier molecular flexibility index (Phi) is 5.99. The first-order valence-electron chi connectivity index (χ1n) is 11.0. The molecule has 1 aliphatic rings. The molecule has 3 aromatic carbocycles. The van der Waals surface area contributed by atoms with Crippen LogP contribution in [0.25, 0.3) is 11.1 Å². The van der Waals surface area contributed by atoms with Gasteiger partial charge in [-0.1, -0.05) is 86.6 Å². The van der Waals surface area contributed by atoms with Crippen LogP contribution in [0.15, 0.2) is 72.8 Å². The van der Waals surface area contributed by atoms with Gasteiger partial charge in [0.25, 0.3) is 0 Å². The molecule has 0 saturated heterocycles. The van der Waals surface area contributed by atoms with E-state index in [0.717, 1.165) is 34.2 Å². The molecule has 0 radical (unpaired) electrons. The fourth-order valence-corrected chi connectivity index (χ4v) is 4.53. The summed E-state index contributed by atoms with van der Waals surface area (Å²) in [7, 11) is 0. The Morgan fingerprint density at radius 1 is 0.906 bits per heavy atom. The minimum Gasteiger partial charge on any atom is -0.479 e. The molecule has 0 saturated carbocycles. The van der Waals surface area contributed by atoms with Crippen LogP contribution in [-0.2, 0) is 21.5 Å². The lowest BCUT2D eigenvalue weighted by Crippen LogP contribution is -2.51. The van der Waals surface area contributed by atoms with Crippen LogP contribution in [0.2, 0.25) is 0 Å². The van der Waals surface area contributed by atoms with Crippen molar-refractivity contribution in [1.82, 2.24) is 5.32 Å². The third kappa shape index (κ3) is 3.75. The van der Waals surface area contributed by atoms with Crippen LogP contribution in [0.5, 0.6) is 0 Å². The summed E-state index contributed by atoms with van der Waals surface area (Å²) in [5, 5.41) is 12.7. The second-order valence-corrected chi connectivity index (χ2v) is 8.07. The maximum Gasteiger partial charge on any atom is 0.408 e. The van der Waals surface area contributed by atoms with Gasteiger partial charge in [0.15, 0.2) is 5.54 Å². The summed E-state index contributed by atoms with van der Waals surface area (Å²) >= 11 is 0. The van der Waals surface area contributed by atoms with Crippen molar-refractivity contribution >= 4 is 12.1 Å². The Morgan fingerprint density at radius 2 is 1.47 bits per heavy atom. The summed E-state index contributed by atoms with van der Waals surface area (Å²) < 4.78 is 5.60. The summed E-state index contributed by atoms with van der Waals surface area (Å²) in [4.78, 5) is 25.1. The van der Waals surface area contributed by atoms with Gasteiger partial charge in [0.2, 0.25) is 0 Å². The predicted octanol–water partition coefficient (Wildman–Crippen LogP) is 5.48. The Morgan fingerprint density at radius 3 is 1.97 bits per heavy atom. The molecule has 4 rings (SSSR count). The lowest BCUT2D eigenvalue weighted by atomic mass is 9.86. The number of hydrogen-bond acceptors (Lipinski definition) is 3. The molecule has 0 heterocycles. The summed E-state index contributed by atoms with van der Waals surface area (Å²) in [5.41, 5.74) is 4.58. The van der Waals surface area contributed by atoms with Crippen LogP contribution < -0.4 is 5.32 Å². The number of aryl methyl sites for hydroxylation is 1. The second kappa shape index (κ2) is 8.87. The number of carboxylic acid groups (broad SMARTS) is 1. The van der Waals surface area contributed by atoms with Gasteiger partial charge in [-0.2, -0.15) is 0 Å². The minimum absolute atomic E-state index is 0.0853. The Labute approximate surface area is 188 Å². The summed E-state index contributed by atoms with van der Waals surface area (Å²) in [5.74, 6) is -1.20. The van der Waals surface area contributed by atoms with E-state index in [1.54, 1.807) is 19.1 Å². The molecule has 1 unspecified atom stereocenters. The molecule has 1 amide bonds. The largest absolute Gasteiger partial charge is 0.479 e. The number of nitrogens with one attached hydrogen (secondary N) is 1. The molecular weight excluding hydrogens is 402 g/mol. The highest BCUT2D eigenvalue weighted by Crippen LogP contribution is 2.44. The van der Waals surface area contributed by atoms with Crippen LogP contribution in [0.1, 0.15) is 48.4 Å². The lowest BCUT2D eigenvalue weighted by molar-refractivity contribution is -0.145. The molecular formula is C27H27NO4. The number of rotatable bonds is 7. The van der Waals surface area contributed by atoms with E-state index < -0.39 is 17.6 Å². The molecule has 5 heteroatoms. The average molecular weight is 430 g/mol. The third-order valence-electron chi connectivity index (χ3n) is 6.41. The SMILES string of the molecule is CCc1ccc(C(CC)(NC(=O)OCC2c3ccccc3-c3ccccc32)C(=O)O)cc1. The number of carbonyl (C=O) groups is 2. The maximum atomic E-state index is 12.8. The summed E-state index contributed by atoms with van der Waals surface area (Å²) in [6.45, 7) is 3.91. The van der Waals surface area contributed by atoms with Crippen molar-refractivity contribution in [2.24, 2.45) is 0 Å². The van der Waals surface area contributed by atoms with E-state index in [2.05, 4.69) is 17.4 Å². The van der Waals surface area contributed by atoms with E-state index in [9.17, 15) is 14.7 Å². The normalized spacial score (nSPS) is 14.2. The van der Waals surface area contributed by atoms with Crippen molar-refractivity contribution in [2.75, 3.05) is 6.61 Å². The highest BCUT2D eigenvalue weighted by molar-refractivity contribution is 5.86.